The first-order chi connectivity index (χ1) is 11.0. The molecule has 1 aliphatic carbocycles. The third-order valence-electron chi connectivity index (χ3n) is 3.91. The number of hydrogen-bond donors (Lipinski definition) is 1. The van der Waals surface area contributed by atoms with Gasteiger partial charge in [-0.15, -0.1) is 0 Å². The molecule has 0 aliphatic heterocycles. The first-order valence-electron chi connectivity index (χ1n) is 7.31. The summed E-state index contributed by atoms with van der Waals surface area (Å²) in [6.07, 6.45) is 3.84. The second-order valence-electron chi connectivity index (χ2n) is 5.62. The number of hydrogen-bond acceptors (Lipinski definition) is 4. The molecule has 1 aromatic heterocycles. The van der Waals surface area contributed by atoms with Gasteiger partial charge in [0.2, 0.25) is 10.0 Å². The Morgan fingerprint density at radius 1 is 1.26 bits per heavy atom. The van der Waals surface area contributed by atoms with E-state index in [0.29, 0.717) is 0 Å². The van der Waals surface area contributed by atoms with E-state index in [9.17, 15) is 18.3 Å². The number of aliphatic carboxylic acids is 1. The summed E-state index contributed by atoms with van der Waals surface area (Å²) >= 11 is 0. The highest BCUT2D eigenvalue weighted by molar-refractivity contribution is 7.89. The number of sulfonamides is 1. The van der Waals surface area contributed by atoms with Crippen molar-refractivity contribution in [2.24, 2.45) is 5.92 Å². The van der Waals surface area contributed by atoms with Gasteiger partial charge in [0.1, 0.15) is 17.2 Å². The summed E-state index contributed by atoms with van der Waals surface area (Å²) in [7, 11) is -3.95. The van der Waals surface area contributed by atoms with Gasteiger partial charge in [-0.05, 0) is 30.4 Å². The monoisotopic (exact) mass is 335 g/mol. The fourth-order valence-electron chi connectivity index (χ4n) is 2.60. The second-order valence-corrected chi connectivity index (χ2v) is 7.51. The summed E-state index contributed by atoms with van der Waals surface area (Å²) in [6, 6.07) is 9.26. The molecule has 23 heavy (non-hydrogen) atoms. The van der Waals surface area contributed by atoms with Crippen LogP contribution in [-0.2, 0) is 21.4 Å². The van der Waals surface area contributed by atoms with E-state index in [2.05, 4.69) is 0 Å². The predicted molar refractivity (Wildman–Crippen MR) is 82.0 cm³/mol. The molecule has 2 aromatic rings. The maximum atomic E-state index is 12.9. The number of carbonyl (C=O) groups is 1. The Bertz CT molecular complexity index is 766. The van der Waals surface area contributed by atoms with Crippen LogP contribution in [0.15, 0.2) is 58.2 Å². The molecule has 7 heteroatoms. The number of carboxylic acid groups (broad SMARTS) is 1. The van der Waals surface area contributed by atoms with Gasteiger partial charge in [0.05, 0.1) is 6.26 Å². The van der Waals surface area contributed by atoms with E-state index < -0.39 is 22.0 Å². The van der Waals surface area contributed by atoms with E-state index in [1.54, 1.807) is 24.3 Å². The van der Waals surface area contributed by atoms with Crippen LogP contribution in [0.1, 0.15) is 18.4 Å². The average molecular weight is 335 g/mol. The molecular formula is C16H17NO5S. The molecule has 122 valence electrons. The number of benzene rings is 1. The molecule has 0 spiro atoms. The summed E-state index contributed by atoms with van der Waals surface area (Å²) in [4.78, 5) is 11.7. The van der Waals surface area contributed by atoms with Crippen LogP contribution in [0.3, 0.4) is 0 Å². The molecule has 0 saturated heterocycles. The van der Waals surface area contributed by atoms with Crippen LogP contribution in [0, 0.1) is 5.92 Å². The average Bonchev–Trinajstić information content (AvgIpc) is 3.18. The maximum Gasteiger partial charge on any atom is 0.322 e. The van der Waals surface area contributed by atoms with Gasteiger partial charge in [-0.3, -0.25) is 4.79 Å². The Morgan fingerprint density at radius 3 is 2.48 bits per heavy atom. The van der Waals surface area contributed by atoms with E-state index in [1.165, 1.54) is 12.3 Å². The molecule has 1 atom stereocenters. The van der Waals surface area contributed by atoms with Crippen LogP contribution in [0.2, 0.25) is 0 Å². The van der Waals surface area contributed by atoms with Gasteiger partial charge in [-0.25, -0.2) is 8.42 Å². The molecule has 1 aromatic carbocycles. The highest BCUT2D eigenvalue weighted by Crippen LogP contribution is 2.38. The van der Waals surface area contributed by atoms with Crippen LogP contribution in [0.5, 0.6) is 0 Å². The Hall–Kier alpha value is -2.12. The minimum Gasteiger partial charge on any atom is -0.480 e. The van der Waals surface area contributed by atoms with E-state index in [1.807, 2.05) is 6.07 Å². The van der Waals surface area contributed by atoms with Gasteiger partial charge in [-0.2, -0.15) is 4.31 Å². The predicted octanol–water partition coefficient (Wildman–Crippen LogP) is 2.33. The molecule has 1 N–H and O–H groups in total. The summed E-state index contributed by atoms with van der Waals surface area (Å²) in [5.74, 6) is -1.26. The van der Waals surface area contributed by atoms with Gasteiger partial charge in [-0.1, -0.05) is 30.3 Å². The topological polar surface area (TPSA) is 87.8 Å². The van der Waals surface area contributed by atoms with E-state index in [0.717, 1.165) is 29.0 Å². The van der Waals surface area contributed by atoms with Crippen LogP contribution in [-0.4, -0.2) is 29.8 Å². The largest absolute Gasteiger partial charge is 0.480 e. The minimum atomic E-state index is -3.95. The molecule has 6 nitrogen and oxygen atoms in total. The van der Waals surface area contributed by atoms with Crippen molar-refractivity contribution < 1.29 is 22.7 Å². The van der Waals surface area contributed by atoms with Gasteiger partial charge in [0.25, 0.3) is 0 Å². The fraction of sp³-hybridized carbons (Fsp3) is 0.312. The zero-order valence-corrected chi connectivity index (χ0v) is 13.1. The van der Waals surface area contributed by atoms with Crippen molar-refractivity contribution in [1.82, 2.24) is 4.31 Å². The summed E-state index contributed by atoms with van der Waals surface area (Å²) in [6.45, 7) is 0.0157. The van der Waals surface area contributed by atoms with Gasteiger partial charge < -0.3 is 9.52 Å². The molecule has 1 unspecified atom stereocenters. The number of furan rings is 1. The van der Waals surface area contributed by atoms with Crippen LogP contribution < -0.4 is 0 Å². The Labute approximate surface area is 134 Å². The quantitative estimate of drug-likeness (QED) is 0.839. The summed E-state index contributed by atoms with van der Waals surface area (Å²) in [5.41, 5.74) is 0.742. The molecule has 1 saturated carbocycles. The zero-order valence-electron chi connectivity index (χ0n) is 12.3. The summed E-state index contributed by atoms with van der Waals surface area (Å²) in [5, 5.41) is 9.56. The number of nitrogens with zero attached hydrogens (tertiary/aromatic N) is 1. The van der Waals surface area contributed by atoms with E-state index >= 15 is 0 Å². The summed E-state index contributed by atoms with van der Waals surface area (Å²) < 4.78 is 31.7. The maximum absolute atomic E-state index is 12.9. The Balaban J connectivity index is 2.01. The molecule has 1 aliphatic rings. The zero-order chi connectivity index (χ0) is 16.4. The first kappa shape index (κ1) is 15.8. The lowest BCUT2D eigenvalue weighted by Gasteiger charge is -2.27. The van der Waals surface area contributed by atoms with Crippen molar-refractivity contribution in [3.05, 3.63) is 54.5 Å². The lowest BCUT2D eigenvalue weighted by atomic mass is 10.1. The Morgan fingerprint density at radius 2 is 1.96 bits per heavy atom. The fourth-order valence-corrected chi connectivity index (χ4v) is 4.16. The van der Waals surface area contributed by atoms with Gasteiger partial charge in [0, 0.05) is 6.54 Å². The third-order valence-corrected chi connectivity index (χ3v) is 5.72. The number of rotatable bonds is 7. The first-order valence-corrected chi connectivity index (χ1v) is 8.75. The van der Waals surface area contributed by atoms with Crippen molar-refractivity contribution in [2.45, 2.75) is 30.3 Å². The second kappa shape index (κ2) is 6.17. The lowest BCUT2D eigenvalue weighted by molar-refractivity contribution is -0.142. The number of carboxylic acids is 1. The van der Waals surface area contributed by atoms with E-state index in [4.69, 9.17) is 4.42 Å². The smallest absolute Gasteiger partial charge is 0.322 e. The third kappa shape index (κ3) is 3.30. The highest BCUT2D eigenvalue weighted by atomic mass is 32.2. The van der Waals surface area contributed by atoms with Crippen LogP contribution in [0.25, 0.3) is 0 Å². The molecule has 0 amide bonds. The molecule has 3 rings (SSSR count). The molecule has 1 fully saturated rings. The molecule has 0 bridgehead atoms. The lowest BCUT2D eigenvalue weighted by Crippen LogP contribution is -2.45. The van der Waals surface area contributed by atoms with Crippen LogP contribution >= 0.6 is 0 Å². The van der Waals surface area contributed by atoms with Crippen molar-refractivity contribution >= 4 is 16.0 Å². The van der Waals surface area contributed by atoms with Gasteiger partial charge in [0.15, 0.2) is 0 Å². The van der Waals surface area contributed by atoms with Gasteiger partial charge >= 0.3 is 5.97 Å². The standard InChI is InChI=1S/C16H17NO5S/c18-16(19)15(13-6-7-13)17(10-12-4-2-1-3-5-12)23(20,21)14-8-9-22-11-14/h1-5,8-9,11,13,15H,6-7,10H2,(H,18,19). The van der Waals surface area contributed by atoms with Crippen molar-refractivity contribution in [3.8, 4) is 0 Å². The molecule has 1 heterocycles. The molecular weight excluding hydrogens is 318 g/mol. The Kier molecular flexibility index (Phi) is 4.23. The van der Waals surface area contributed by atoms with E-state index in [-0.39, 0.29) is 17.4 Å². The SMILES string of the molecule is O=C(O)C(C1CC1)N(Cc1ccccc1)S(=O)(=O)c1ccoc1. The molecule has 0 radical (unpaired) electrons. The van der Waals surface area contributed by atoms with Crippen molar-refractivity contribution in [3.63, 3.8) is 0 Å². The van der Waals surface area contributed by atoms with Crippen molar-refractivity contribution in [2.75, 3.05) is 0 Å². The van der Waals surface area contributed by atoms with Crippen LogP contribution in [0.4, 0.5) is 0 Å². The minimum absolute atomic E-state index is 0.0157. The normalized spacial score (nSPS) is 16.4. The highest BCUT2D eigenvalue weighted by Gasteiger charge is 2.45. The van der Waals surface area contributed by atoms with Crippen molar-refractivity contribution in [1.29, 1.82) is 0 Å².